The molecule has 1 amide bonds. The van der Waals surface area contributed by atoms with E-state index in [2.05, 4.69) is 20.9 Å². The molecule has 1 aliphatic rings. The van der Waals surface area contributed by atoms with Crippen molar-refractivity contribution in [3.8, 4) is 0 Å². The predicted octanol–water partition coefficient (Wildman–Crippen LogP) is 1.45. The van der Waals surface area contributed by atoms with Gasteiger partial charge >= 0.3 is 0 Å². The number of aromatic nitrogens is 1. The van der Waals surface area contributed by atoms with Crippen molar-refractivity contribution in [2.24, 2.45) is 5.73 Å². The molecule has 3 rings (SSSR count). The molecule has 25 heavy (non-hydrogen) atoms. The van der Waals surface area contributed by atoms with E-state index in [0.717, 1.165) is 4.47 Å². The summed E-state index contributed by atoms with van der Waals surface area (Å²) in [6.07, 6.45) is 1.59. The molecule has 7 nitrogen and oxygen atoms in total. The highest BCUT2D eigenvalue weighted by Crippen LogP contribution is 2.23. The first-order valence-electron chi connectivity index (χ1n) is 7.65. The second-order valence-electron chi connectivity index (χ2n) is 5.58. The Labute approximate surface area is 154 Å². The molecule has 2 N–H and O–H groups in total. The van der Waals surface area contributed by atoms with Gasteiger partial charge in [0.05, 0.1) is 10.5 Å². The van der Waals surface area contributed by atoms with E-state index in [9.17, 15) is 13.2 Å². The lowest BCUT2D eigenvalue weighted by Crippen LogP contribution is -2.49. The lowest BCUT2D eigenvalue weighted by Gasteiger charge is -2.35. The van der Waals surface area contributed by atoms with Gasteiger partial charge in [0.2, 0.25) is 10.0 Å². The molecule has 0 spiro atoms. The van der Waals surface area contributed by atoms with Gasteiger partial charge in [-0.05, 0) is 36.4 Å². The number of hydrogen-bond acceptors (Lipinski definition) is 5. The number of primary amides is 1. The summed E-state index contributed by atoms with van der Waals surface area (Å²) >= 11 is 3.30. The molecule has 0 atom stereocenters. The molecule has 1 aromatic carbocycles. The molecular formula is C16H17BrN4O3S. The Morgan fingerprint density at radius 2 is 1.72 bits per heavy atom. The fraction of sp³-hybridized carbons (Fsp3) is 0.250. The van der Waals surface area contributed by atoms with E-state index in [1.165, 1.54) is 4.31 Å². The third kappa shape index (κ3) is 3.68. The Bertz CT molecular complexity index is 879. The zero-order valence-electron chi connectivity index (χ0n) is 13.3. The first kappa shape index (κ1) is 17.8. The first-order valence-corrected chi connectivity index (χ1v) is 9.88. The zero-order valence-corrected chi connectivity index (χ0v) is 15.7. The minimum absolute atomic E-state index is 0.264. The van der Waals surface area contributed by atoms with Gasteiger partial charge in [-0.3, -0.25) is 4.79 Å². The van der Waals surface area contributed by atoms with Crippen LogP contribution in [-0.4, -0.2) is 49.8 Å². The summed E-state index contributed by atoms with van der Waals surface area (Å²) in [5, 5.41) is 0. The zero-order chi connectivity index (χ0) is 18.0. The number of amides is 1. The van der Waals surface area contributed by atoms with Crippen LogP contribution in [0.4, 0.5) is 5.82 Å². The highest BCUT2D eigenvalue weighted by Gasteiger charge is 2.29. The Kier molecular flexibility index (Phi) is 5.07. The molecule has 0 aliphatic carbocycles. The van der Waals surface area contributed by atoms with Crippen LogP contribution in [0, 0.1) is 0 Å². The average Bonchev–Trinajstić information content (AvgIpc) is 2.62. The summed E-state index contributed by atoms with van der Waals surface area (Å²) in [7, 11) is -3.54. The number of carbonyl (C=O) groups is 1. The second-order valence-corrected chi connectivity index (χ2v) is 8.44. The van der Waals surface area contributed by atoms with Gasteiger partial charge in [-0.1, -0.05) is 15.9 Å². The van der Waals surface area contributed by atoms with Gasteiger partial charge in [0, 0.05) is 36.8 Å². The number of nitrogens with zero attached hydrogens (tertiary/aromatic N) is 3. The minimum atomic E-state index is -3.54. The summed E-state index contributed by atoms with van der Waals surface area (Å²) in [6.45, 7) is 1.50. The molecule has 0 unspecified atom stereocenters. The molecule has 2 aromatic rings. The van der Waals surface area contributed by atoms with Crippen LogP contribution in [0.15, 0.2) is 52.0 Å². The fourth-order valence-electron chi connectivity index (χ4n) is 2.74. The summed E-state index contributed by atoms with van der Waals surface area (Å²) in [5.74, 6) is -0.0521. The van der Waals surface area contributed by atoms with E-state index in [1.807, 2.05) is 4.90 Å². The van der Waals surface area contributed by atoms with Gasteiger partial charge in [-0.2, -0.15) is 4.31 Å². The largest absolute Gasteiger partial charge is 0.365 e. The summed E-state index contributed by atoms with van der Waals surface area (Å²) in [6, 6.07) is 9.84. The van der Waals surface area contributed by atoms with Crippen molar-refractivity contribution in [1.82, 2.24) is 9.29 Å². The molecular weight excluding hydrogens is 408 g/mol. The molecule has 2 heterocycles. The number of halogens is 1. The topological polar surface area (TPSA) is 96.6 Å². The van der Waals surface area contributed by atoms with Crippen LogP contribution in [-0.2, 0) is 10.0 Å². The molecule has 9 heteroatoms. The lowest BCUT2D eigenvalue weighted by atomic mass is 10.2. The van der Waals surface area contributed by atoms with Crippen LogP contribution >= 0.6 is 15.9 Å². The van der Waals surface area contributed by atoms with Gasteiger partial charge in [0.1, 0.15) is 5.82 Å². The van der Waals surface area contributed by atoms with Crippen molar-refractivity contribution < 1.29 is 13.2 Å². The smallest absolute Gasteiger partial charge is 0.252 e. The van der Waals surface area contributed by atoms with Gasteiger partial charge in [0.25, 0.3) is 5.91 Å². The molecule has 0 saturated carbocycles. The van der Waals surface area contributed by atoms with E-state index >= 15 is 0 Å². The van der Waals surface area contributed by atoms with Crippen LogP contribution in [0.5, 0.6) is 0 Å². The normalized spacial score (nSPS) is 16.0. The van der Waals surface area contributed by atoms with Crippen LogP contribution in [0.2, 0.25) is 0 Å². The van der Waals surface area contributed by atoms with E-state index in [0.29, 0.717) is 37.6 Å². The number of benzene rings is 1. The predicted molar refractivity (Wildman–Crippen MR) is 97.9 cm³/mol. The third-order valence-corrected chi connectivity index (χ3v) is 6.48. The van der Waals surface area contributed by atoms with E-state index in [4.69, 9.17) is 5.73 Å². The van der Waals surface area contributed by atoms with Crippen molar-refractivity contribution in [3.05, 3.63) is 52.6 Å². The van der Waals surface area contributed by atoms with Crippen LogP contribution in [0.3, 0.4) is 0 Å². The van der Waals surface area contributed by atoms with E-state index in [-0.39, 0.29) is 4.90 Å². The SMILES string of the molecule is NC(=O)c1cccnc1N1CCN(S(=O)(=O)c2ccc(Br)cc2)CC1. The maximum atomic E-state index is 12.7. The van der Waals surface area contributed by atoms with Crippen molar-refractivity contribution in [2.45, 2.75) is 4.90 Å². The maximum absolute atomic E-state index is 12.7. The Morgan fingerprint density at radius 1 is 1.08 bits per heavy atom. The number of hydrogen-bond donors (Lipinski definition) is 1. The monoisotopic (exact) mass is 424 g/mol. The van der Waals surface area contributed by atoms with Crippen molar-refractivity contribution in [2.75, 3.05) is 31.1 Å². The Morgan fingerprint density at radius 3 is 2.32 bits per heavy atom. The summed E-state index contributed by atoms with van der Waals surface area (Å²) in [4.78, 5) is 17.9. The van der Waals surface area contributed by atoms with Crippen LogP contribution < -0.4 is 10.6 Å². The molecule has 0 radical (unpaired) electrons. The molecule has 1 aromatic heterocycles. The number of nitrogens with two attached hydrogens (primary N) is 1. The summed E-state index contributed by atoms with van der Waals surface area (Å²) < 4.78 is 27.7. The molecule has 1 aliphatic heterocycles. The van der Waals surface area contributed by atoms with Crippen molar-refractivity contribution in [3.63, 3.8) is 0 Å². The molecule has 132 valence electrons. The number of piperazine rings is 1. The van der Waals surface area contributed by atoms with E-state index in [1.54, 1.807) is 42.6 Å². The van der Waals surface area contributed by atoms with E-state index < -0.39 is 15.9 Å². The van der Waals surface area contributed by atoms with Gasteiger partial charge in [-0.15, -0.1) is 0 Å². The standard InChI is InChI=1S/C16H17BrN4O3S/c17-12-3-5-13(6-4-12)25(23,24)21-10-8-20(9-11-21)16-14(15(18)22)2-1-7-19-16/h1-7H,8-11H2,(H2,18,22). The number of sulfonamides is 1. The Balaban J connectivity index is 1.76. The fourth-order valence-corrected chi connectivity index (χ4v) is 4.42. The van der Waals surface area contributed by atoms with Gasteiger partial charge in [-0.25, -0.2) is 13.4 Å². The van der Waals surface area contributed by atoms with Crippen LogP contribution in [0.1, 0.15) is 10.4 Å². The highest BCUT2D eigenvalue weighted by atomic mass is 79.9. The Hall–Kier alpha value is -1.97. The first-order chi connectivity index (χ1) is 11.9. The quantitative estimate of drug-likeness (QED) is 0.800. The van der Waals surface area contributed by atoms with Crippen molar-refractivity contribution >= 4 is 37.7 Å². The van der Waals surface area contributed by atoms with Crippen molar-refractivity contribution in [1.29, 1.82) is 0 Å². The number of rotatable bonds is 4. The number of pyridine rings is 1. The molecule has 1 fully saturated rings. The molecule has 0 bridgehead atoms. The van der Waals surface area contributed by atoms with Gasteiger partial charge < -0.3 is 10.6 Å². The minimum Gasteiger partial charge on any atom is -0.365 e. The van der Waals surface area contributed by atoms with Crippen LogP contribution in [0.25, 0.3) is 0 Å². The molecule has 1 saturated heterocycles. The lowest BCUT2D eigenvalue weighted by molar-refractivity contribution is 0.100. The summed E-state index contributed by atoms with van der Waals surface area (Å²) in [5.41, 5.74) is 5.73. The highest BCUT2D eigenvalue weighted by molar-refractivity contribution is 9.10. The van der Waals surface area contributed by atoms with Gasteiger partial charge in [0.15, 0.2) is 0 Å². The number of anilines is 1. The maximum Gasteiger partial charge on any atom is 0.252 e. The third-order valence-electron chi connectivity index (χ3n) is 4.04. The average molecular weight is 425 g/mol. The second kappa shape index (κ2) is 7.11. The number of carbonyl (C=O) groups excluding carboxylic acids is 1.